The molecule has 0 spiro atoms. The summed E-state index contributed by atoms with van der Waals surface area (Å²) in [5.41, 5.74) is 0.689. The third kappa shape index (κ3) is 3.38. The van der Waals surface area contributed by atoms with Crippen LogP contribution in [0.1, 0.15) is 23.7 Å². The summed E-state index contributed by atoms with van der Waals surface area (Å²) in [4.78, 5) is 11.6. The van der Waals surface area contributed by atoms with Crippen molar-refractivity contribution in [3.8, 4) is 0 Å². The van der Waals surface area contributed by atoms with E-state index < -0.39 is 0 Å². The van der Waals surface area contributed by atoms with Crippen molar-refractivity contribution in [1.29, 1.82) is 0 Å². The van der Waals surface area contributed by atoms with Crippen molar-refractivity contribution in [2.24, 2.45) is 0 Å². The van der Waals surface area contributed by atoms with Crippen LogP contribution in [0.3, 0.4) is 0 Å². The normalized spacial score (nSPS) is 12.1. The number of nitrogens with one attached hydrogen (secondary N) is 1. The van der Waals surface area contributed by atoms with Gasteiger partial charge in [0.05, 0.1) is 0 Å². The number of halogens is 1. The van der Waals surface area contributed by atoms with Crippen LogP contribution in [0.25, 0.3) is 0 Å². The predicted molar refractivity (Wildman–Crippen MR) is 58.7 cm³/mol. The minimum Gasteiger partial charge on any atom is -0.350 e. The first-order chi connectivity index (χ1) is 6.74. The highest BCUT2D eigenvalue weighted by molar-refractivity contribution is 6.17. The Morgan fingerprint density at radius 1 is 1.43 bits per heavy atom. The number of carbonyl (C=O) groups excluding carboxylic acids is 1. The molecule has 0 radical (unpaired) electrons. The Morgan fingerprint density at radius 2 is 2.07 bits per heavy atom. The zero-order chi connectivity index (χ0) is 10.4. The second kappa shape index (κ2) is 5.66. The van der Waals surface area contributed by atoms with Gasteiger partial charge in [0.2, 0.25) is 0 Å². The van der Waals surface area contributed by atoms with E-state index in [0.717, 1.165) is 6.42 Å². The van der Waals surface area contributed by atoms with Crippen molar-refractivity contribution in [1.82, 2.24) is 5.32 Å². The number of carbonyl (C=O) groups is 1. The first kappa shape index (κ1) is 11.1. The number of alkyl halides is 1. The van der Waals surface area contributed by atoms with E-state index in [0.29, 0.717) is 11.4 Å². The van der Waals surface area contributed by atoms with Crippen LogP contribution >= 0.6 is 11.6 Å². The van der Waals surface area contributed by atoms with Crippen LogP contribution in [0.4, 0.5) is 0 Å². The molecule has 0 aromatic heterocycles. The Balaban J connectivity index is 2.51. The molecule has 3 heteroatoms. The quantitative estimate of drug-likeness (QED) is 0.762. The van der Waals surface area contributed by atoms with Crippen molar-refractivity contribution >= 4 is 17.5 Å². The molecule has 1 atom stereocenters. The van der Waals surface area contributed by atoms with Gasteiger partial charge in [-0.2, -0.15) is 0 Å². The first-order valence-electron chi connectivity index (χ1n) is 4.66. The van der Waals surface area contributed by atoms with Crippen LogP contribution in [-0.4, -0.2) is 17.8 Å². The minimum absolute atomic E-state index is 0.0387. The van der Waals surface area contributed by atoms with E-state index in [1.54, 1.807) is 12.1 Å². The van der Waals surface area contributed by atoms with Crippen LogP contribution in [0.15, 0.2) is 30.3 Å². The average Bonchev–Trinajstić information content (AvgIpc) is 2.19. The van der Waals surface area contributed by atoms with Gasteiger partial charge in [-0.3, -0.25) is 4.79 Å². The third-order valence-electron chi connectivity index (χ3n) is 1.96. The van der Waals surface area contributed by atoms with Crippen LogP contribution in [0.5, 0.6) is 0 Å². The van der Waals surface area contributed by atoms with Crippen molar-refractivity contribution in [2.75, 3.05) is 5.88 Å². The van der Waals surface area contributed by atoms with E-state index in [9.17, 15) is 4.79 Å². The highest BCUT2D eigenvalue weighted by atomic mass is 35.5. The summed E-state index contributed by atoms with van der Waals surface area (Å²) < 4.78 is 0. The lowest BCUT2D eigenvalue weighted by molar-refractivity contribution is 0.0939. The molecule has 0 saturated carbocycles. The van der Waals surface area contributed by atoms with E-state index in [-0.39, 0.29) is 11.9 Å². The molecule has 0 aliphatic rings. The molecule has 1 aromatic carbocycles. The monoisotopic (exact) mass is 211 g/mol. The number of rotatable bonds is 4. The minimum atomic E-state index is -0.0387. The molecule has 1 rings (SSSR count). The molecule has 14 heavy (non-hydrogen) atoms. The first-order valence-corrected chi connectivity index (χ1v) is 5.19. The van der Waals surface area contributed by atoms with Gasteiger partial charge in [-0.25, -0.2) is 0 Å². The maximum Gasteiger partial charge on any atom is 0.251 e. The molecule has 0 bridgehead atoms. The molecule has 1 amide bonds. The fourth-order valence-corrected chi connectivity index (χ4v) is 1.46. The molecule has 2 nitrogen and oxygen atoms in total. The van der Waals surface area contributed by atoms with Crippen LogP contribution in [-0.2, 0) is 0 Å². The summed E-state index contributed by atoms with van der Waals surface area (Å²) in [5.74, 6) is 0.527. The SMILES string of the molecule is CC(CCCl)NC(=O)c1ccccc1. The van der Waals surface area contributed by atoms with Gasteiger partial charge in [0.25, 0.3) is 5.91 Å². The molecular formula is C11H14ClNO. The second-order valence-corrected chi connectivity index (χ2v) is 3.60. The molecule has 1 N–H and O–H groups in total. The largest absolute Gasteiger partial charge is 0.350 e. The lowest BCUT2D eigenvalue weighted by Crippen LogP contribution is -2.32. The molecule has 1 aromatic rings. The summed E-state index contributed by atoms with van der Waals surface area (Å²) in [7, 11) is 0. The Labute approximate surface area is 89.3 Å². The van der Waals surface area contributed by atoms with Crippen LogP contribution in [0.2, 0.25) is 0 Å². The Hall–Kier alpha value is -1.02. The molecule has 0 aliphatic heterocycles. The number of hydrogen-bond donors (Lipinski definition) is 1. The van der Waals surface area contributed by atoms with Crippen molar-refractivity contribution in [2.45, 2.75) is 19.4 Å². The fraction of sp³-hybridized carbons (Fsp3) is 0.364. The van der Waals surface area contributed by atoms with Crippen LogP contribution < -0.4 is 5.32 Å². The Morgan fingerprint density at radius 3 is 2.64 bits per heavy atom. The molecule has 1 unspecified atom stereocenters. The summed E-state index contributed by atoms with van der Waals surface area (Å²) >= 11 is 5.57. The highest BCUT2D eigenvalue weighted by Crippen LogP contribution is 2.00. The van der Waals surface area contributed by atoms with Gasteiger partial charge in [-0.15, -0.1) is 11.6 Å². The third-order valence-corrected chi connectivity index (χ3v) is 2.17. The zero-order valence-corrected chi connectivity index (χ0v) is 8.92. The smallest absolute Gasteiger partial charge is 0.251 e. The molecule has 76 valence electrons. The van der Waals surface area contributed by atoms with Gasteiger partial charge < -0.3 is 5.32 Å². The lowest BCUT2D eigenvalue weighted by atomic mass is 10.2. The lowest BCUT2D eigenvalue weighted by Gasteiger charge is -2.11. The summed E-state index contributed by atoms with van der Waals surface area (Å²) in [6.45, 7) is 1.95. The standard InChI is InChI=1S/C11H14ClNO/c1-9(7-8-12)13-11(14)10-5-3-2-4-6-10/h2-6,9H,7-8H2,1H3,(H,13,14). The van der Waals surface area contributed by atoms with Gasteiger partial charge in [0.15, 0.2) is 0 Å². The Kier molecular flexibility index (Phi) is 4.47. The molecule has 0 aliphatic carbocycles. The van der Waals surface area contributed by atoms with Gasteiger partial charge in [-0.05, 0) is 25.5 Å². The maximum absolute atomic E-state index is 11.6. The van der Waals surface area contributed by atoms with Crippen molar-refractivity contribution < 1.29 is 4.79 Å². The summed E-state index contributed by atoms with van der Waals surface area (Å²) in [5, 5.41) is 2.87. The molecule has 0 heterocycles. The van der Waals surface area contributed by atoms with E-state index in [2.05, 4.69) is 5.32 Å². The summed E-state index contributed by atoms with van der Waals surface area (Å²) in [6.07, 6.45) is 0.792. The van der Waals surface area contributed by atoms with Gasteiger partial charge in [0, 0.05) is 17.5 Å². The fourth-order valence-electron chi connectivity index (χ4n) is 1.13. The van der Waals surface area contributed by atoms with E-state index in [4.69, 9.17) is 11.6 Å². The average molecular weight is 212 g/mol. The number of amides is 1. The zero-order valence-electron chi connectivity index (χ0n) is 8.16. The van der Waals surface area contributed by atoms with Crippen LogP contribution in [0, 0.1) is 0 Å². The van der Waals surface area contributed by atoms with E-state index >= 15 is 0 Å². The topological polar surface area (TPSA) is 29.1 Å². The van der Waals surface area contributed by atoms with E-state index in [1.807, 2.05) is 25.1 Å². The summed E-state index contributed by atoms with van der Waals surface area (Å²) in [6, 6.07) is 9.30. The van der Waals surface area contributed by atoms with Gasteiger partial charge in [0.1, 0.15) is 0 Å². The second-order valence-electron chi connectivity index (χ2n) is 3.22. The Bertz CT molecular complexity index is 287. The van der Waals surface area contributed by atoms with Crippen molar-refractivity contribution in [3.05, 3.63) is 35.9 Å². The van der Waals surface area contributed by atoms with E-state index in [1.165, 1.54) is 0 Å². The predicted octanol–water partition coefficient (Wildman–Crippen LogP) is 2.43. The molecular weight excluding hydrogens is 198 g/mol. The van der Waals surface area contributed by atoms with Gasteiger partial charge >= 0.3 is 0 Å². The van der Waals surface area contributed by atoms with Crippen molar-refractivity contribution in [3.63, 3.8) is 0 Å². The molecule has 0 saturated heterocycles. The highest BCUT2D eigenvalue weighted by Gasteiger charge is 2.07. The number of benzene rings is 1. The van der Waals surface area contributed by atoms with Gasteiger partial charge in [-0.1, -0.05) is 18.2 Å². The maximum atomic E-state index is 11.6. The molecule has 0 fully saturated rings. The number of hydrogen-bond acceptors (Lipinski definition) is 1.